The Balaban J connectivity index is 2.06. The normalized spacial score (nSPS) is 12.3. The van der Waals surface area contributed by atoms with E-state index in [-0.39, 0.29) is 17.3 Å². The van der Waals surface area contributed by atoms with Gasteiger partial charge in [-0.3, -0.25) is 13.9 Å². The second kappa shape index (κ2) is 13.5. The molecular formula is C30H36IN3O5S. The van der Waals surface area contributed by atoms with Crippen molar-refractivity contribution in [1.82, 2.24) is 10.2 Å². The lowest BCUT2D eigenvalue weighted by molar-refractivity contribution is -0.141. The number of hydrogen-bond acceptors (Lipinski definition) is 5. The van der Waals surface area contributed by atoms with E-state index in [0.717, 1.165) is 13.4 Å². The average Bonchev–Trinajstić information content (AvgIpc) is 2.91. The predicted octanol–water partition coefficient (Wildman–Crippen LogP) is 5.22. The summed E-state index contributed by atoms with van der Waals surface area (Å²) in [7, 11) is -2.54. The van der Waals surface area contributed by atoms with Gasteiger partial charge in [-0.25, -0.2) is 8.42 Å². The standard InChI is InChI=1S/C30H36IN3O5S/c1-6-27(29(36)32-30(2,3)4)33(20-22-11-10-12-25(19-22)39-5)28(35)21-34(24-17-15-23(31)16-18-24)40(37,38)26-13-8-7-9-14-26/h7-19,27H,6,20-21H2,1-5H3,(H,32,36)/t27-/m1/s1. The van der Waals surface area contributed by atoms with Crippen molar-refractivity contribution >= 4 is 50.1 Å². The highest BCUT2D eigenvalue weighted by Crippen LogP contribution is 2.26. The Labute approximate surface area is 250 Å². The summed E-state index contributed by atoms with van der Waals surface area (Å²) in [6.07, 6.45) is 0.340. The van der Waals surface area contributed by atoms with Gasteiger partial charge < -0.3 is 15.0 Å². The molecular weight excluding hydrogens is 641 g/mol. The molecule has 0 fully saturated rings. The van der Waals surface area contributed by atoms with Crippen LogP contribution in [0.4, 0.5) is 5.69 Å². The Kier molecular flexibility index (Phi) is 10.6. The summed E-state index contributed by atoms with van der Waals surface area (Å²) in [5.41, 5.74) is 0.589. The lowest BCUT2D eigenvalue weighted by Gasteiger charge is -2.34. The van der Waals surface area contributed by atoms with Gasteiger partial charge in [-0.05, 0) is 104 Å². The molecule has 0 bridgehead atoms. The van der Waals surface area contributed by atoms with Gasteiger partial charge in [0.25, 0.3) is 10.0 Å². The molecule has 1 atom stereocenters. The molecule has 0 aliphatic heterocycles. The van der Waals surface area contributed by atoms with Crippen molar-refractivity contribution in [2.24, 2.45) is 0 Å². The van der Waals surface area contributed by atoms with E-state index < -0.39 is 34.1 Å². The highest BCUT2D eigenvalue weighted by atomic mass is 127. The van der Waals surface area contributed by atoms with E-state index >= 15 is 0 Å². The maximum atomic E-state index is 14.1. The molecule has 3 aromatic carbocycles. The number of carbonyl (C=O) groups is 2. The van der Waals surface area contributed by atoms with Gasteiger partial charge in [-0.15, -0.1) is 0 Å². The van der Waals surface area contributed by atoms with Crippen LogP contribution in [0.3, 0.4) is 0 Å². The van der Waals surface area contributed by atoms with E-state index in [4.69, 9.17) is 4.74 Å². The number of hydrogen-bond donors (Lipinski definition) is 1. The number of nitrogens with zero attached hydrogens (tertiary/aromatic N) is 2. The van der Waals surface area contributed by atoms with Gasteiger partial charge in [0.05, 0.1) is 17.7 Å². The third kappa shape index (κ3) is 8.20. The minimum absolute atomic E-state index is 0.0678. The van der Waals surface area contributed by atoms with Crippen LogP contribution in [-0.4, -0.2) is 50.4 Å². The summed E-state index contributed by atoms with van der Waals surface area (Å²) in [6, 6.07) is 21.3. The third-order valence-electron chi connectivity index (χ3n) is 6.10. The van der Waals surface area contributed by atoms with Gasteiger partial charge in [-0.2, -0.15) is 0 Å². The van der Waals surface area contributed by atoms with E-state index in [1.54, 1.807) is 61.7 Å². The number of anilines is 1. The highest BCUT2D eigenvalue weighted by molar-refractivity contribution is 14.1. The van der Waals surface area contributed by atoms with Crippen LogP contribution in [0.25, 0.3) is 0 Å². The zero-order valence-electron chi connectivity index (χ0n) is 23.4. The summed E-state index contributed by atoms with van der Waals surface area (Å²) in [6.45, 7) is 7.06. The van der Waals surface area contributed by atoms with E-state index in [1.807, 2.05) is 39.8 Å². The molecule has 3 rings (SSSR count). The second-order valence-electron chi connectivity index (χ2n) is 10.3. The fourth-order valence-electron chi connectivity index (χ4n) is 4.20. The van der Waals surface area contributed by atoms with Crippen LogP contribution < -0.4 is 14.4 Å². The molecule has 0 radical (unpaired) electrons. The molecule has 0 saturated carbocycles. The quantitative estimate of drug-likeness (QED) is 0.281. The van der Waals surface area contributed by atoms with Gasteiger partial charge in [0.15, 0.2) is 0 Å². The molecule has 40 heavy (non-hydrogen) atoms. The van der Waals surface area contributed by atoms with Crippen molar-refractivity contribution in [3.05, 3.63) is 88.0 Å². The van der Waals surface area contributed by atoms with E-state index in [1.165, 1.54) is 17.0 Å². The van der Waals surface area contributed by atoms with Gasteiger partial charge in [0.2, 0.25) is 11.8 Å². The Hall–Kier alpha value is -3.12. The summed E-state index contributed by atoms with van der Waals surface area (Å²) in [4.78, 5) is 29.0. The molecule has 0 spiro atoms. The zero-order valence-corrected chi connectivity index (χ0v) is 26.4. The van der Waals surface area contributed by atoms with Gasteiger partial charge in [0, 0.05) is 15.7 Å². The van der Waals surface area contributed by atoms with Crippen molar-refractivity contribution in [2.45, 2.75) is 57.1 Å². The molecule has 0 aromatic heterocycles. The number of carbonyl (C=O) groups excluding carboxylic acids is 2. The SMILES string of the molecule is CC[C@H](C(=O)NC(C)(C)C)N(Cc1cccc(OC)c1)C(=O)CN(c1ccc(I)cc1)S(=O)(=O)c1ccccc1. The summed E-state index contributed by atoms with van der Waals surface area (Å²) in [5.74, 6) is -0.195. The van der Waals surface area contributed by atoms with Crippen LogP contribution in [0.1, 0.15) is 39.7 Å². The van der Waals surface area contributed by atoms with Gasteiger partial charge >= 0.3 is 0 Å². The Morgan fingerprint density at radius 2 is 1.62 bits per heavy atom. The summed E-state index contributed by atoms with van der Waals surface area (Å²) >= 11 is 2.14. The fraction of sp³-hybridized carbons (Fsp3) is 0.333. The van der Waals surface area contributed by atoms with Crippen LogP contribution in [0.15, 0.2) is 83.8 Å². The maximum absolute atomic E-state index is 14.1. The van der Waals surface area contributed by atoms with Gasteiger partial charge in [-0.1, -0.05) is 37.3 Å². The first kappa shape index (κ1) is 31.4. The molecule has 3 aromatic rings. The molecule has 214 valence electrons. The molecule has 2 amide bonds. The van der Waals surface area contributed by atoms with Crippen molar-refractivity contribution in [3.63, 3.8) is 0 Å². The lowest BCUT2D eigenvalue weighted by atomic mass is 10.1. The average molecular weight is 678 g/mol. The van der Waals surface area contributed by atoms with E-state index in [9.17, 15) is 18.0 Å². The molecule has 0 saturated heterocycles. The fourth-order valence-corrected chi connectivity index (χ4v) is 5.99. The Bertz CT molecular complexity index is 1410. The summed E-state index contributed by atoms with van der Waals surface area (Å²) < 4.78 is 35.1. The number of nitrogens with one attached hydrogen (secondary N) is 1. The molecule has 1 N–H and O–H groups in total. The third-order valence-corrected chi connectivity index (χ3v) is 8.60. The summed E-state index contributed by atoms with van der Waals surface area (Å²) in [5, 5.41) is 2.97. The number of methoxy groups -OCH3 is 1. The van der Waals surface area contributed by atoms with Crippen molar-refractivity contribution < 1.29 is 22.7 Å². The number of ether oxygens (including phenoxy) is 1. The number of halogens is 1. The predicted molar refractivity (Wildman–Crippen MR) is 166 cm³/mol. The molecule has 0 aliphatic carbocycles. The van der Waals surface area contributed by atoms with Crippen LogP contribution in [-0.2, 0) is 26.2 Å². The largest absolute Gasteiger partial charge is 0.497 e. The number of sulfonamides is 1. The monoisotopic (exact) mass is 677 g/mol. The first-order chi connectivity index (χ1) is 18.9. The number of amides is 2. The molecule has 0 unspecified atom stereocenters. The Morgan fingerprint density at radius 1 is 0.975 bits per heavy atom. The molecule has 0 aliphatic rings. The first-order valence-electron chi connectivity index (χ1n) is 12.9. The van der Waals surface area contributed by atoms with E-state index in [0.29, 0.717) is 17.9 Å². The van der Waals surface area contributed by atoms with Crippen molar-refractivity contribution in [1.29, 1.82) is 0 Å². The topological polar surface area (TPSA) is 96.0 Å². The lowest BCUT2D eigenvalue weighted by Crippen LogP contribution is -2.55. The smallest absolute Gasteiger partial charge is 0.264 e. The first-order valence-corrected chi connectivity index (χ1v) is 15.5. The van der Waals surface area contributed by atoms with E-state index in [2.05, 4.69) is 27.9 Å². The van der Waals surface area contributed by atoms with Crippen LogP contribution >= 0.6 is 22.6 Å². The molecule has 0 heterocycles. The minimum Gasteiger partial charge on any atom is -0.497 e. The van der Waals surface area contributed by atoms with Crippen LogP contribution in [0, 0.1) is 3.57 Å². The van der Waals surface area contributed by atoms with Crippen molar-refractivity contribution in [2.75, 3.05) is 18.0 Å². The Morgan fingerprint density at radius 3 is 2.20 bits per heavy atom. The molecule has 8 nitrogen and oxygen atoms in total. The molecule has 10 heteroatoms. The van der Waals surface area contributed by atoms with Gasteiger partial charge in [0.1, 0.15) is 18.3 Å². The minimum atomic E-state index is -4.10. The number of rotatable bonds is 11. The van der Waals surface area contributed by atoms with Crippen LogP contribution in [0.5, 0.6) is 5.75 Å². The second-order valence-corrected chi connectivity index (χ2v) is 13.4. The van der Waals surface area contributed by atoms with Crippen molar-refractivity contribution in [3.8, 4) is 5.75 Å². The highest BCUT2D eigenvalue weighted by Gasteiger charge is 2.34. The van der Waals surface area contributed by atoms with Crippen LogP contribution in [0.2, 0.25) is 0 Å². The zero-order chi connectivity index (χ0) is 29.5. The number of benzene rings is 3. The maximum Gasteiger partial charge on any atom is 0.264 e.